The van der Waals surface area contributed by atoms with Gasteiger partial charge in [-0.15, -0.1) is 0 Å². The first-order valence-electron chi connectivity index (χ1n) is 11.5. The highest BCUT2D eigenvalue weighted by molar-refractivity contribution is 5.96. The lowest BCUT2D eigenvalue weighted by Gasteiger charge is -2.41. The summed E-state index contributed by atoms with van der Waals surface area (Å²) in [5.41, 5.74) is -0.359. The predicted molar refractivity (Wildman–Crippen MR) is 118 cm³/mol. The number of nitrogens with one attached hydrogen (secondary N) is 1. The monoisotopic (exact) mass is 437 g/mol. The smallest absolute Gasteiger partial charge is 0.246 e. The van der Waals surface area contributed by atoms with Crippen LogP contribution in [0.15, 0.2) is 10.6 Å². The third kappa shape index (κ3) is 5.66. The number of amides is 1. The minimum absolute atomic E-state index is 0.123. The third-order valence-corrected chi connectivity index (χ3v) is 7.09. The lowest BCUT2D eigenvalue weighted by atomic mass is 9.84. The van der Waals surface area contributed by atoms with Crippen LogP contribution >= 0.6 is 0 Å². The van der Waals surface area contributed by atoms with Crippen LogP contribution in [0, 0.1) is 0 Å². The summed E-state index contributed by atoms with van der Waals surface area (Å²) in [7, 11) is 2.00. The average molecular weight is 438 g/mol. The van der Waals surface area contributed by atoms with E-state index in [0.29, 0.717) is 11.9 Å². The molecule has 0 spiro atoms. The number of hydrogen-bond donors (Lipinski definition) is 1. The second-order valence-corrected chi connectivity index (χ2v) is 9.84. The fourth-order valence-corrected chi connectivity index (χ4v) is 4.02. The minimum Gasteiger partial charge on any atom is -0.381 e. The quantitative estimate of drug-likeness (QED) is 0.663. The van der Waals surface area contributed by atoms with Crippen LogP contribution in [0.3, 0.4) is 0 Å². The molecular weight excluding hydrogens is 398 g/mol. The van der Waals surface area contributed by atoms with E-state index in [0.717, 1.165) is 57.6 Å². The van der Waals surface area contributed by atoms with Crippen LogP contribution in [0.2, 0.25) is 0 Å². The van der Waals surface area contributed by atoms with Crippen LogP contribution in [-0.2, 0) is 24.4 Å². The van der Waals surface area contributed by atoms with Gasteiger partial charge in [-0.3, -0.25) is 15.0 Å². The van der Waals surface area contributed by atoms with Gasteiger partial charge < -0.3 is 18.7 Å². The van der Waals surface area contributed by atoms with Crippen molar-refractivity contribution in [2.45, 2.75) is 96.1 Å². The second kappa shape index (κ2) is 9.98. The van der Waals surface area contributed by atoms with Gasteiger partial charge in [-0.1, -0.05) is 19.0 Å². The molecule has 2 saturated heterocycles. The number of carbonyl (C=O) groups is 1. The molecule has 1 amide bonds. The zero-order valence-electron chi connectivity index (χ0n) is 19.9. The number of carbonyl (C=O) groups excluding carboxylic acids is 1. The summed E-state index contributed by atoms with van der Waals surface area (Å²) in [5.74, 6) is 0.226. The largest absolute Gasteiger partial charge is 0.381 e. The van der Waals surface area contributed by atoms with Crippen molar-refractivity contribution in [1.82, 2.24) is 10.1 Å². The molecule has 2 aliphatic heterocycles. The van der Waals surface area contributed by atoms with E-state index in [-0.39, 0.29) is 18.3 Å². The van der Waals surface area contributed by atoms with Gasteiger partial charge in [0, 0.05) is 37.3 Å². The Morgan fingerprint density at radius 1 is 1.19 bits per heavy atom. The Morgan fingerprint density at radius 3 is 2.55 bits per heavy atom. The maximum atomic E-state index is 13.1. The maximum Gasteiger partial charge on any atom is 0.246 e. The highest BCUT2D eigenvalue weighted by Crippen LogP contribution is 2.32. The summed E-state index contributed by atoms with van der Waals surface area (Å²) < 4.78 is 22.8. The van der Waals surface area contributed by atoms with E-state index in [2.05, 4.69) is 29.2 Å². The Kier molecular flexibility index (Phi) is 7.78. The summed E-state index contributed by atoms with van der Waals surface area (Å²) in [5, 5.41) is 7.14. The van der Waals surface area contributed by atoms with Gasteiger partial charge in [0.05, 0.1) is 17.3 Å². The normalized spacial score (nSPS) is 22.5. The van der Waals surface area contributed by atoms with Gasteiger partial charge in [-0.2, -0.15) is 0 Å². The summed E-state index contributed by atoms with van der Waals surface area (Å²) in [6, 6.07) is 2.11. The fraction of sp³-hybridized carbons (Fsp3) is 0.826. The fourth-order valence-electron chi connectivity index (χ4n) is 4.02. The van der Waals surface area contributed by atoms with Crippen molar-refractivity contribution in [3.63, 3.8) is 0 Å². The minimum atomic E-state index is -0.695. The molecule has 1 N–H and O–H groups in total. The molecule has 2 fully saturated rings. The zero-order chi connectivity index (χ0) is 22.6. The van der Waals surface area contributed by atoms with Crippen LogP contribution in [0.5, 0.6) is 0 Å². The van der Waals surface area contributed by atoms with Crippen LogP contribution in [0.1, 0.15) is 72.4 Å². The molecule has 8 heteroatoms. The van der Waals surface area contributed by atoms with Gasteiger partial charge in [0.2, 0.25) is 11.8 Å². The molecule has 0 aromatic carbocycles. The first kappa shape index (κ1) is 24.2. The Hall–Kier alpha value is -1.48. The van der Waals surface area contributed by atoms with Crippen LogP contribution < -0.4 is 5.32 Å². The third-order valence-electron chi connectivity index (χ3n) is 7.09. The highest BCUT2D eigenvalue weighted by Gasteiger charge is 2.38. The van der Waals surface area contributed by atoms with E-state index in [4.69, 9.17) is 18.7 Å². The zero-order valence-corrected chi connectivity index (χ0v) is 19.9. The Labute approximate surface area is 185 Å². The van der Waals surface area contributed by atoms with Crippen molar-refractivity contribution in [3.05, 3.63) is 11.8 Å². The molecular formula is C23H39N3O5. The lowest BCUT2D eigenvalue weighted by Crippen LogP contribution is -2.55. The van der Waals surface area contributed by atoms with Gasteiger partial charge in [-0.05, 0) is 59.9 Å². The van der Waals surface area contributed by atoms with E-state index in [1.54, 1.807) is 6.07 Å². The molecule has 0 aliphatic carbocycles. The number of rotatable bonds is 8. The number of hydrogen-bond acceptors (Lipinski definition) is 7. The van der Waals surface area contributed by atoms with Gasteiger partial charge in [-0.25, -0.2) is 0 Å². The van der Waals surface area contributed by atoms with Gasteiger partial charge in [0.25, 0.3) is 0 Å². The molecule has 31 heavy (non-hydrogen) atoms. The Bertz CT molecular complexity index is 721. The van der Waals surface area contributed by atoms with E-state index in [9.17, 15) is 4.79 Å². The van der Waals surface area contributed by atoms with E-state index in [1.807, 2.05) is 27.8 Å². The molecule has 0 radical (unpaired) electrons. The van der Waals surface area contributed by atoms with Crippen molar-refractivity contribution >= 4 is 11.8 Å². The summed E-state index contributed by atoms with van der Waals surface area (Å²) in [4.78, 5) is 15.2. The first-order valence-corrected chi connectivity index (χ1v) is 11.5. The van der Waals surface area contributed by atoms with Gasteiger partial charge in [0.15, 0.2) is 6.29 Å². The highest BCUT2D eigenvalue weighted by atomic mass is 16.7. The average Bonchev–Trinajstić information content (AvgIpc) is 3.23. The number of likely N-dealkylation sites (N-methyl/N-ethyl adjacent to an activating group) is 1. The van der Waals surface area contributed by atoms with Gasteiger partial charge in [0.1, 0.15) is 0 Å². The summed E-state index contributed by atoms with van der Waals surface area (Å²) >= 11 is 0. The van der Waals surface area contributed by atoms with Crippen LogP contribution in [0.4, 0.5) is 5.88 Å². The standard InChI is InChI=1S/C23H39N3O5/c1-16(30-20-9-7-8-12-29-20)22(2,3)18-15-19(31-25-18)24-21(27)23(4,5)26(6)17-10-13-28-14-11-17/h15-17,20H,7-14H2,1-6H3,(H,24,27). The lowest BCUT2D eigenvalue weighted by molar-refractivity contribution is -0.196. The molecule has 0 saturated carbocycles. The van der Waals surface area contributed by atoms with E-state index in [1.165, 1.54) is 0 Å². The molecule has 3 rings (SSSR count). The van der Waals surface area contributed by atoms with Crippen molar-refractivity contribution in [3.8, 4) is 0 Å². The topological polar surface area (TPSA) is 86.1 Å². The van der Waals surface area contributed by atoms with Crippen molar-refractivity contribution in [2.24, 2.45) is 0 Å². The van der Waals surface area contributed by atoms with E-state index < -0.39 is 11.0 Å². The van der Waals surface area contributed by atoms with Crippen LogP contribution in [-0.4, -0.2) is 66.8 Å². The van der Waals surface area contributed by atoms with Crippen molar-refractivity contribution in [2.75, 3.05) is 32.2 Å². The molecule has 1 aromatic heterocycles. The molecule has 8 nitrogen and oxygen atoms in total. The molecule has 3 heterocycles. The number of anilines is 1. The Morgan fingerprint density at radius 2 is 1.90 bits per heavy atom. The molecule has 176 valence electrons. The first-order chi connectivity index (χ1) is 14.6. The maximum absolute atomic E-state index is 13.1. The van der Waals surface area contributed by atoms with Crippen LogP contribution in [0.25, 0.3) is 0 Å². The second-order valence-electron chi connectivity index (χ2n) is 9.84. The van der Waals surface area contributed by atoms with Crippen molar-refractivity contribution < 1.29 is 23.5 Å². The Balaban J connectivity index is 1.61. The van der Waals surface area contributed by atoms with Crippen molar-refractivity contribution in [1.29, 1.82) is 0 Å². The number of ether oxygens (including phenoxy) is 3. The van der Waals surface area contributed by atoms with E-state index >= 15 is 0 Å². The SMILES string of the molecule is CC(OC1CCCCO1)C(C)(C)c1cc(NC(=O)C(C)(C)N(C)C2CCOCC2)on1. The summed E-state index contributed by atoms with van der Waals surface area (Å²) in [6.45, 7) is 12.2. The number of nitrogens with zero attached hydrogens (tertiary/aromatic N) is 2. The molecule has 1 aromatic rings. The number of aromatic nitrogens is 1. The molecule has 2 atom stereocenters. The van der Waals surface area contributed by atoms with Gasteiger partial charge >= 0.3 is 0 Å². The molecule has 2 aliphatic rings. The molecule has 0 bridgehead atoms. The predicted octanol–water partition coefficient (Wildman–Crippen LogP) is 3.71. The summed E-state index contributed by atoms with van der Waals surface area (Å²) in [6.07, 6.45) is 4.68. The molecule has 2 unspecified atom stereocenters.